The van der Waals surface area contributed by atoms with E-state index in [1.807, 2.05) is 0 Å². The van der Waals surface area contributed by atoms with Crippen molar-refractivity contribution in [2.24, 2.45) is 0 Å². The third-order valence-corrected chi connectivity index (χ3v) is 5.68. The van der Waals surface area contributed by atoms with E-state index in [0.29, 0.717) is 10.6 Å². The van der Waals surface area contributed by atoms with Gasteiger partial charge in [-0.25, -0.2) is 22.0 Å². The third kappa shape index (κ3) is 5.43. The van der Waals surface area contributed by atoms with E-state index >= 15 is 0 Å². The van der Waals surface area contributed by atoms with Crippen molar-refractivity contribution in [2.75, 3.05) is 11.6 Å². The topological polar surface area (TPSA) is 98.5 Å². The molecule has 11 heteroatoms. The van der Waals surface area contributed by atoms with E-state index in [1.165, 1.54) is 6.92 Å². The molecule has 2 aromatic carbocycles. The average molecular weight is 485 g/mol. The summed E-state index contributed by atoms with van der Waals surface area (Å²) >= 11 is 6.11. The fourth-order valence-electron chi connectivity index (χ4n) is 3.01. The number of ether oxygens (including phenoxy) is 1. The van der Waals surface area contributed by atoms with Gasteiger partial charge in [0.2, 0.25) is 0 Å². The van der Waals surface area contributed by atoms with Crippen molar-refractivity contribution in [1.82, 2.24) is 5.16 Å². The van der Waals surface area contributed by atoms with E-state index in [-0.39, 0.29) is 22.7 Å². The van der Waals surface area contributed by atoms with E-state index in [0.717, 1.165) is 18.4 Å². The summed E-state index contributed by atoms with van der Waals surface area (Å²) in [5.41, 5.74) is 0.221. The van der Waals surface area contributed by atoms with Gasteiger partial charge >= 0.3 is 6.09 Å². The summed E-state index contributed by atoms with van der Waals surface area (Å²) in [5.74, 6) is -3.05. The number of aryl methyl sites for hydroxylation is 1. The second kappa shape index (κ2) is 9.25. The quantitative estimate of drug-likeness (QED) is 0.500. The van der Waals surface area contributed by atoms with Crippen LogP contribution in [0.5, 0.6) is 0 Å². The first-order chi connectivity index (χ1) is 15.0. The number of sulfone groups is 1. The Kier molecular flexibility index (Phi) is 6.85. The van der Waals surface area contributed by atoms with E-state index in [2.05, 4.69) is 10.5 Å². The number of amides is 1. The summed E-state index contributed by atoms with van der Waals surface area (Å²) in [6.45, 7) is 3.15. The number of rotatable bonds is 6. The summed E-state index contributed by atoms with van der Waals surface area (Å²) in [6.07, 6.45) is -0.672. The third-order valence-electron chi connectivity index (χ3n) is 4.53. The van der Waals surface area contributed by atoms with Crippen LogP contribution in [0.1, 0.15) is 29.8 Å². The molecular weight excluding hydrogens is 466 g/mol. The van der Waals surface area contributed by atoms with Crippen molar-refractivity contribution in [3.8, 4) is 11.3 Å². The van der Waals surface area contributed by atoms with E-state index in [9.17, 15) is 22.0 Å². The molecule has 0 saturated carbocycles. The molecule has 32 heavy (non-hydrogen) atoms. The minimum atomic E-state index is -3.66. The van der Waals surface area contributed by atoms with Crippen LogP contribution in [0.25, 0.3) is 11.3 Å². The first kappa shape index (κ1) is 23.7. The van der Waals surface area contributed by atoms with Crippen LogP contribution in [0, 0.1) is 18.6 Å². The van der Waals surface area contributed by atoms with Crippen LogP contribution in [-0.2, 0) is 20.3 Å². The maximum Gasteiger partial charge on any atom is 0.412 e. The van der Waals surface area contributed by atoms with Gasteiger partial charge in [0.05, 0.1) is 5.75 Å². The predicted molar refractivity (Wildman–Crippen MR) is 115 cm³/mol. The first-order valence-corrected chi connectivity index (χ1v) is 11.7. The van der Waals surface area contributed by atoms with E-state index in [4.69, 9.17) is 20.9 Å². The molecule has 1 unspecified atom stereocenters. The Morgan fingerprint density at radius 3 is 2.47 bits per heavy atom. The minimum Gasteiger partial charge on any atom is -0.441 e. The van der Waals surface area contributed by atoms with Crippen molar-refractivity contribution in [3.05, 3.63) is 69.9 Å². The van der Waals surface area contributed by atoms with Gasteiger partial charge in [0.1, 0.15) is 29.1 Å². The fraction of sp³-hybridized carbons (Fsp3) is 0.238. The van der Waals surface area contributed by atoms with Gasteiger partial charge < -0.3 is 9.26 Å². The largest absolute Gasteiger partial charge is 0.441 e. The molecule has 0 aliphatic carbocycles. The lowest BCUT2D eigenvalue weighted by molar-refractivity contribution is 0.121. The van der Waals surface area contributed by atoms with Gasteiger partial charge in [-0.05, 0) is 32.0 Å². The number of nitrogens with zero attached hydrogens (tertiary/aromatic N) is 1. The summed E-state index contributed by atoms with van der Waals surface area (Å²) < 4.78 is 62.2. The Morgan fingerprint density at radius 2 is 1.88 bits per heavy atom. The maximum absolute atomic E-state index is 14.4. The molecule has 0 radical (unpaired) electrons. The maximum atomic E-state index is 14.4. The first-order valence-electron chi connectivity index (χ1n) is 9.30. The highest BCUT2D eigenvalue weighted by molar-refractivity contribution is 7.89. The molecule has 1 amide bonds. The molecule has 1 aromatic heterocycles. The smallest absolute Gasteiger partial charge is 0.412 e. The Bertz CT molecular complexity index is 1250. The average Bonchev–Trinajstić information content (AvgIpc) is 3.04. The summed E-state index contributed by atoms with van der Waals surface area (Å²) in [6, 6.07) is 8.68. The van der Waals surface area contributed by atoms with Crippen LogP contribution >= 0.6 is 11.6 Å². The molecule has 0 bridgehead atoms. The molecule has 1 atom stereocenters. The molecule has 0 aliphatic rings. The minimum absolute atomic E-state index is 0.0519. The van der Waals surface area contributed by atoms with Gasteiger partial charge in [-0.1, -0.05) is 35.0 Å². The number of carbonyl (C=O) groups excluding carboxylic acids is 1. The summed E-state index contributed by atoms with van der Waals surface area (Å²) in [4.78, 5) is 12.4. The van der Waals surface area contributed by atoms with Crippen molar-refractivity contribution >= 4 is 33.2 Å². The molecule has 0 aliphatic heterocycles. The zero-order valence-electron chi connectivity index (χ0n) is 17.3. The van der Waals surface area contributed by atoms with Crippen LogP contribution in [0.3, 0.4) is 0 Å². The van der Waals surface area contributed by atoms with Crippen molar-refractivity contribution in [2.45, 2.75) is 25.7 Å². The number of anilines is 1. The van der Waals surface area contributed by atoms with Gasteiger partial charge in [-0.3, -0.25) is 5.32 Å². The molecule has 170 valence electrons. The Labute approximate surface area is 188 Å². The van der Waals surface area contributed by atoms with Crippen LogP contribution in [0.2, 0.25) is 5.02 Å². The second-order valence-corrected chi connectivity index (χ2v) is 9.70. The highest BCUT2D eigenvalue weighted by atomic mass is 35.5. The molecule has 1 N–H and O–H groups in total. The lowest BCUT2D eigenvalue weighted by Crippen LogP contribution is -2.17. The molecule has 3 aromatic rings. The summed E-state index contributed by atoms with van der Waals surface area (Å²) in [5, 5.41) is 6.63. The lowest BCUT2D eigenvalue weighted by atomic mass is 10.1. The van der Waals surface area contributed by atoms with Gasteiger partial charge in [0.15, 0.2) is 15.6 Å². The highest BCUT2D eigenvalue weighted by Crippen LogP contribution is 2.34. The normalized spacial score (nSPS) is 12.4. The standard InChI is InChI=1S/C21H19ClF2N2O5S/c1-11-19(25-21(27)30-12(2)14-6-4-5-7-16(14)22)20(31-26-11)13-8-17(23)15(18(24)9-13)10-32(3,28)29/h4-9,12H,10H2,1-3H3,(H,25,27). The Morgan fingerprint density at radius 1 is 1.25 bits per heavy atom. The highest BCUT2D eigenvalue weighted by Gasteiger charge is 2.23. The zero-order valence-corrected chi connectivity index (χ0v) is 18.9. The predicted octanol–water partition coefficient (Wildman–Crippen LogP) is 5.44. The van der Waals surface area contributed by atoms with Crippen molar-refractivity contribution < 1.29 is 31.3 Å². The van der Waals surface area contributed by atoms with E-state index < -0.39 is 45.0 Å². The van der Waals surface area contributed by atoms with Crippen LogP contribution in [0.4, 0.5) is 19.3 Å². The molecule has 0 fully saturated rings. The fourth-order valence-corrected chi connectivity index (χ4v) is 4.10. The molecule has 0 saturated heterocycles. The lowest BCUT2D eigenvalue weighted by Gasteiger charge is -2.15. The molecular formula is C21H19ClF2N2O5S. The van der Waals surface area contributed by atoms with Crippen LogP contribution in [0.15, 0.2) is 40.9 Å². The molecule has 1 heterocycles. The molecule has 3 rings (SSSR count). The number of benzene rings is 2. The number of halogens is 3. The van der Waals surface area contributed by atoms with Crippen LogP contribution in [-0.4, -0.2) is 25.9 Å². The van der Waals surface area contributed by atoms with Gasteiger partial charge in [-0.2, -0.15) is 0 Å². The Balaban J connectivity index is 1.85. The molecule has 0 spiro atoms. The number of hydrogen-bond acceptors (Lipinski definition) is 6. The number of nitrogens with one attached hydrogen (secondary N) is 1. The van der Waals surface area contributed by atoms with E-state index in [1.54, 1.807) is 31.2 Å². The molecule has 7 nitrogen and oxygen atoms in total. The van der Waals surface area contributed by atoms with Gasteiger partial charge in [0.25, 0.3) is 0 Å². The second-order valence-electron chi connectivity index (χ2n) is 7.15. The number of aromatic nitrogens is 1. The van der Waals surface area contributed by atoms with Crippen molar-refractivity contribution in [1.29, 1.82) is 0 Å². The summed E-state index contributed by atoms with van der Waals surface area (Å²) in [7, 11) is -3.66. The SMILES string of the molecule is Cc1noc(-c2cc(F)c(CS(C)(=O)=O)c(F)c2)c1NC(=O)OC(C)c1ccccc1Cl. The number of carbonyl (C=O) groups is 1. The zero-order chi connectivity index (χ0) is 23.6. The van der Waals surface area contributed by atoms with Gasteiger partial charge in [-0.15, -0.1) is 0 Å². The monoisotopic (exact) mass is 484 g/mol. The van der Waals surface area contributed by atoms with Gasteiger partial charge in [0, 0.05) is 28.0 Å². The number of hydrogen-bond donors (Lipinski definition) is 1. The van der Waals surface area contributed by atoms with Crippen molar-refractivity contribution in [3.63, 3.8) is 0 Å². The van der Waals surface area contributed by atoms with Crippen LogP contribution < -0.4 is 5.32 Å². The Hall–Kier alpha value is -2.98.